The van der Waals surface area contributed by atoms with Gasteiger partial charge < -0.3 is 4.74 Å². The predicted molar refractivity (Wildman–Crippen MR) is 74.6 cm³/mol. The van der Waals surface area contributed by atoms with Crippen molar-refractivity contribution in [2.45, 2.75) is 33.3 Å². The summed E-state index contributed by atoms with van der Waals surface area (Å²) in [6.07, 6.45) is 0. The first-order valence-electron chi connectivity index (χ1n) is 5.61. The summed E-state index contributed by atoms with van der Waals surface area (Å²) in [6, 6.07) is 8.00. The first-order valence-corrected chi connectivity index (χ1v) is 6.40. The van der Waals surface area contributed by atoms with Crippen LogP contribution in [0.15, 0.2) is 28.7 Å². The summed E-state index contributed by atoms with van der Waals surface area (Å²) < 4.78 is 6.90. The van der Waals surface area contributed by atoms with Crippen LogP contribution in [0, 0.1) is 6.92 Å². The topological polar surface area (TPSA) is 22.1 Å². The van der Waals surface area contributed by atoms with Crippen LogP contribution >= 0.6 is 15.9 Å². The van der Waals surface area contributed by atoms with Gasteiger partial charge in [0.25, 0.3) is 0 Å². The van der Waals surface area contributed by atoms with E-state index in [9.17, 15) is 0 Å². The van der Waals surface area contributed by atoms with Crippen LogP contribution < -0.4 is 4.74 Å². The molecule has 3 heteroatoms. The highest BCUT2D eigenvalue weighted by molar-refractivity contribution is 9.10. The number of fused-ring (bicyclic) bond motifs is 1. The van der Waals surface area contributed by atoms with E-state index in [4.69, 9.17) is 4.74 Å². The summed E-state index contributed by atoms with van der Waals surface area (Å²) in [4.78, 5) is 4.49. The van der Waals surface area contributed by atoms with Crippen molar-refractivity contribution in [3.63, 3.8) is 0 Å². The fourth-order valence-corrected chi connectivity index (χ4v) is 2.35. The maximum atomic E-state index is 5.85. The van der Waals surface area contributed by atoms with Gasteiger partial charge in [-0.3, -0.25) is 4.98 Å². The molecule has 0 fully saturated rings. The number of aryl methyl sites for hydroxylation is 1. The van der Waals surface area contributed by atoms with E-state index in [1.807, 2.05) is 52.0 Å². The maximum Gasteiger partial charge on any atom is 0.120 e. The molecule has 0 radical (unpaired) electrons. The third-order valence-electron chi connectivity index (χ3n) is 2.28. The number of halogens is 1. The van der Waals surface area contributed by atoms with Crippen LogP contribution in [0.25, 0.3) is 10.9 Å². The molecule has 2 nitrogen and oxygen atoms in total. The second-order valence-electron chi connectivity index (χ2n) is 5.14. The van der Waals surface area contributed by atoms with Gasteiger partial charge in [-0.25, -0.2) is 0 Å². The van der Waals surface area contributed by atoms with Crippen LogP contribution in [-0.4, -0.2) is 10.6 Å². The molecule has 0 atom stereocenters. The van der Waals surface area contributed by atoms with Gasteiger partial charge in [0.2, 0.25) is 0 Å². The number of hydrogen-bond acceptors (Lipinski definition) is 2. The monoisotopic (exact) mass is 293 g/mol. The van der Waals surface area contributed by atoms with Crippen molar-refractivity contribution in [1.29, 1.82) is 0 Å². The average molecular weight is 294 g/mol. The van der Waals surface area contributed by atoms with Gasteiger partial charge in [-0.1, -0.05) is 15.9 Å². The summed E-state index contributed by atoms with van der Waals surface area (Å²) in [5, 5.41) is 1.08. The van der Waals surface area contributed by atoms with Crippen molar-refractivity contribution >= 4 is 26.8 Å². The van der Waals surface area contributed by atoms with E-state index in [0.717, 1.165) is 26.8 Å². The minimum absolute atomic E-state index is 0.182. The minimum Gasteiger partial charge on any atom is -0.488 e. The molecule has 1 heterocycles. The van der Waals surface area contributed by atoms with Gasteiger partial charge in [0.1, 0.15) is 11.4 Å². The molecule has 0 amide bonds. The highest BCUT2D eigenvalue weighted by Gasteiger charge is 2.12. The van der Waals surface area contributed by atoms with E-state index in [1.165, 1.54) is 0 Å². The number of hydrogen-bond donors (Lipinski definition) is 0. The highest BCUT2D eigenvalue weighted by atomic mass is 79.9. The lowest BCUT2D eigenvalue weighted by atomic mass is 10.1. The first-order chi connectivity index (χ1) is 7.85. The fourth-order valence-electron chi connectivity index (χ4n) is 1.70. The standard InChI is InChI=1S/C14H16BrNO/c1-9-7-12(15)11-8-10(17-14(2,3)4)5-6-13(11)16-9/h5-8H,1-4H3. The summed E-state index contributed by atoms with van der Waals surface area (Å²) in [5.41, 5.74) is 1.81. The quantitative estimate of drug-likeness (QED) is 0.773. The molecule has 0 spiro atoms. The van der Waals surface area contributed by atoms with E-state index < -0.39 is 0 Å². The van der Waals surface area contributed by atoms with Gasteiger partial charge in [-0.2, -0.15) is 0 Å². The summed E-state index contributed by atoms with van der Waals surface area (Å²) in [6.45, 7) is 8.11. The zero-order valence-electron chi connectivity index (χ0n) is 10.5. The molecular formula is C14H16BrNO. The Kier molecular flexibility index (Phi) is 3.13. The van der Waals surface area contributed by atoms with Gasteiger partial charge in [-0.05, 0) is 52.0 Å². The summed E-state index contributed by atoms with van der Waals surface area (Å²) in [7, 11) is 0. The Hall–Kier alpha value is -1.09. The second kappa shape index (κ2) is 4.30. The van der Waals surface area contributed by atoms with Gasteiger partial charge in [0.15, 0.2) is 0 Å². The second-order valence-corrected chi connectivity index (χ2v) is 5.99. The van der Waals surface area contributed by atoms with Crippen LogP contribution in [-0.2, 0) is 0 Å². The van der Waals surface area contributed by atoms with Crippen molar-refractivity contribution in [3.8, 4) is 5.75 Å². The molecule has 0 saturated carbocycles. The van der Waals surface area contributed by atoms with Crippen molar-refractivity contribution in [2.75, 3.05) is 0 Å². The molecule has 0 N–H and O–H groups in total. The highest BCUT2D eigenvalue weighted by Crippen LogP contribution is 2.28. The molecule has 0 saturated heterocycles. The van der Waals surface area contributed by atoms with Crippen molar-refractivity contribution in [3.05, 3.63) is 34.4 Å². The van der Waals surface area contributed by atoms with Gasteiger partial charge >= 0.3 is 0 Å². The summed E-state index contributed by atoms with van der Waals surface area (Å²) in [5.74, 6) is 0.872. The van der Waals surface area contributed by atoms with Crippen LogP contribution in [0.5, 0.6) is 5.75 Å². The van der Waals surface area contributed by atoms with E-state index >= 15 is 0 Å². The number of benzene rings is 1. The number of ether oxygens (including phenoxy) is 1. The Morgan fingerprint density at radius 2 is 1.88 bits per heavy atom. The van der Waals surface area contributed by atoms with Crippen molar-refractivity contribution in [1.82, 2.24) is 4.98 Å². The van der Waals surface area contributed by atoms with Crippen LogP contribution in [0.3, 0.4) is 0 Å². The van der Waals surface area contributed by atoms with E-state index in [2.05, 4.69) is 20.9 Å². The van der Waals surface area contributed by atoms with Gasteiger partial charge in [0, 0.05) is 15.6 Å². The van der Waals surface area contributed by atoms with E-state index in [1.54, 1.807) is 0 Å². The SMILES string of the molecule is Cc1cc(Br)c2cc(OC(C)(C)C)ccc2n1. The largest absolute Gasteiger partial charge is 0.488 e. The van der Waals surface area contributed by atoms with Gasteiger partial charge in [-0.15, -0.1) is 0 Å². The number of pyridine rings is 1. The lowest BCUT2D eigenvalue weighted by molar-refractivity contribution is 0.131. The zero-order valence-corrected chi connectivity index (χ0v) is 12.1. The Balaban J connectivity index is 2.51. The smallest absolute Gasteiger partial charge is 0.120 e. The molecule has 0 aliphatic rings. The molecule has 0 unspecified atom stereocenters. The molecule has 2 aromatic rings. The molecule has 0 aliphatic heterocycles. The maximum absolute atomic E-state index is 5.85. The number of aromatic nitrogens is 1. The van der Waals surface area contributed by atoms with Crippen LogP contribution in [0.2, 0.25) is 0 Å². The molecule has 90 valence electrons. The lowest BCUT2D eigenvalue weighted by Gasteiger charge is -2.21. The molecule has 1 aromatic heterocycles. The van der Waals surface area contributed by atoms with Crippen LogP contribution in [0.1, 0.15) is 26.5 Å². The van der Waals surface area contributed by atoms with Crippen LogP contribution in [0.4, 0.5) is 0 Å². The zero-order chi connectivity index (χ0) is 12.6. The number of rotatable bonds is 1. The molecule has 1 aromatic carbocycles. The number of nitrogens with zero attached hydrogens (tertiary/aromatic N) is 1. The Morgan fingerprint density at radius 1 is 1.18 bits per heavy atom. The van der Waals surface area contributed by atoms with Crippen molar-refractivity contribution < 1.29 is 4.74 Å². The lowest BCUT2D eigenvalue weighted by Crippen LogP contribution is -2.22. The molecule has 17 heavy (non-hydrogen) atoms. The third kappa shape index (κ3) is 2.97. The van der Waals surface area contributed by atoms with E-state index in [-0.39, 0.29) is 5.60 Å². The molecule has 2 rings (SSSR count). The molecular weight excluding hydrogens is 278 g/mol. The first kappa shape index (κ1) is 12.4. The van der Waals surface area contributed by atoms with Crippen molar-refractivity contribution in [2.24, 2.45) is 0 Å². The predicted octanol–water partition coefficient (Wildman–Crippen LogP) is 4.48. The fraction of sp³-hybridized carbons (Fsp3) is 0.357. The summed E-state index contributed by atoms with van der Waals surface area (Å²) >= 11 is 3.57. The molecule has 0 bridgehead atoms. The Morgan fingerprint density at radius 3 is 2.53 bits per heavy atom. The Bertz CT molecular complexity index is 558. The molecule has 0 aliphatic carbocycles. The normalized spacial score (nSPS) is 11.8. The Labute approximate surface area is 110 Å². The third-order valence-corrected chi connectivity index (χ3v) is 2.94. The average Bonchev–Trinajstić information content (AvgIpc) is 2.16. The van der Waals surface area contributed by atoms with E-state index in [0.29, 0.717) is 0 Å². The minimum atomic E-state index is -0.182. The van der Waals surface area contributed by atoms with Gasteiger partial charge in [0.05, 0.1) is 5.52 Å².